The third kappa shape index (κ3) is 4.17. The van der Waals surface area contributed by atoms with Crippen LogP contribution in [0.15, 0.2) is 115 Å². The Labute approximate surface area is 205 Å². The van der Waals surface area contributed by atoms with Gasteiger partial charge in [0.2, 0.25) is 17.2 Å². The molecule has 4 heteroatoms. The van der Waals surface area contributed by atoms with Crippen LogP contribution in [0.25, 0.3) is 0 Å². The Hall–Kier alpha value is -4.02. The molecule has 0 aromatic heterocycles. The summed E-state index contributed by atoms with van der Waals surface area (Å²) in [7, 11) is 1.61. The fraction of sp³-hybridized carbons (Fsp3) is 0.161. The van der Waals surface area contributed by atoms with E-state index < -0.39 is 17.6 Å². The van der Waals surface area contributed by atoms with E-state index >= 15 is 0 Å². The number of ether oxygens (including phenoxy) is 2. The summed E-state index contributed by atoms with van der Waals surface area (Å²) >= 11 is 0. The fourth-order valence-electron chi connectivity index (χ4n) is 4.95. The van der Waals surface area contributed by atoms with Gasteiger partial charge in [-0.05, 0) is 29.7 Å². The van der Waals surface area contributed by atoms with Crippen LogP contribution in [0.4, 0.5) is 0 Å². The minimum absolute atomic E-state index is 0.328. The highest BCUT2D eigenvalue weighted by Gasteiger charge is 2.60. The largest absolute Gasteiger partial charge is 0.497 e. The van der Waals surface area contributed by atoms with E-state index in [1.807, 2.05) is 66.7 Å². The average Bonchev–Trinajstić information content (AvgIpc) is 3.35. The number of rotatable bonds is 7. The molecule has 0 radical (unpaired) electrons. The lowest BCUT2D eigenvalue weighted by Gasteiger charge is -2.32. The molecule has 2 atom stereocenters. The zero-order valence-electron chi connectivity index (χ0n) is 19.5. The van der Waals surface area contributed by atoms with Crippen LogP contribution in [0.3, 0.4) is 0 Å². The summed E-state index contributed by atoms with van der Waals surface area (Å²) in [6, 6.07) is 35.2. The number of hydrogen-bond donors (Lipinski definition) is 0. The van der Waals surface area contributed by atoms with Crippen molar-refractivity contribution in [3.05, 3.63) is 138 Å². The van der Waals surface area contributed by atoms with Crippen LogP contribution in [0.1, 0.15) is 50.3 Å². The SMILES string of the molecule is COc1ccc(C2CC(c3ccccc3)OC2(C(=O)c2ccccc2)C(=O)c2ccccc2)cc1. The Morgan fingerprint density at radius 1 is 0.686 bits per heavy atom. The number of carbonyl (C=O) groups excluding carboxylic acids is 2. The van der Waals surface area contributed by atoms with E-state index in [0.717, 1.165) is 11.1 Å². The van der Waals surface area contributed by atoms with Gasteiger partial charge in [-0.3, -0.25) is 9.59 Å². The number of benzene rings is 4. The molecule has 1 aliphatic heterocycles. The molecule has 0 bridgehead atoms. The lowest BCUT2D eigenvalue weighted by molar-refractivity contribution is -0.0170. The Kier molecular flexibility index (Phi) is 6.30. The van der Waals surface area contributed by atoms with Crippen molar-refractivity contribution in [3.8, 4) is 5.75 Å². The normalized spacial score (nSPS) is 18.7. The maximum atomic E-state index is 14.3. The highest BCUT2D eigenvalue weighted by atomic mass is 16.5. The predicted octanol–water partition coefficient (Wildman–Crippen LogP) is 6.45. The van der Waals surface area contributed by atoms with Gasteiger partial charge in [0.05, 0.1) is 13.2 Å². The minimum Gasteiger partial charge on any atom is -0.497 e. The summed E-state index contributed by atoms with van der Waals surface area (Å²) in [5, 5.41) is 0. The van der Waals surface area contributed by atoms with Crippen molar-refractivity contribution in [2.24, 2.45) is 0 Å². The van der Waals surface area contributed by atoms with Gasteiger partial charge in [-0.2, -0.15) is 0 Å². The first-order valence-corrected chi connectivity index (χ1v) is 11.7. The third-order valence-corrected chi connectivity index (χ3v) is 6.70. The van der Waals surface area contributed by atoms with Crippen LogP contribution in [-0.4, -0.2) is 24.3 Å². The molecular weight excluding hydrogens is 436 g/mol. The smallest absolute Gasteiger partial charge is 0.203 e. The highest BCUT2D eigenvalue weighted by molar-refractivity contribution is 6.23. The van der Waals surface area contributed by atoms with Crippen LogP contribution in [0.5, 0.6) is 5.75 Å². The molecule has 0 N–H and O–H groups in total. The summed E-state index contributed by atoms with van der Waals surface area (Å²) < 4.78 is 12.0. The van der Waals surface area contributed by atoms with Gasteiger partial charge in [-0.1, -0.05) is 103 Å². The molecule has 174 valence electrons. The van der Waals surface area contributed by atoms with Crippen molar-refractivity contribution in [1.82, 2.24) is 0 Å². The van der Waals surface area contributed by atoms with E-state index in [4.69, 9.17) is 9.47 Å². The molecule has 0 saturated carbocycles. The first-order chi connectivity index (χ1) is 17.1. The number of hydrogen-bond acceptors (Lipinski definition) is 4. The van der Waals surface area contributed by atoms with E-state index in [2.05, 4.69) is 0 Å². The van der Waals surface area contributed by atoms with E-state index in [9.17, 15) is 9.59 Å². The molecule has 0 amide bonds. The van der Waals surface area contributed by atoms with Crippen molar-refractivity contribution in [2.75, 3.05) is 7.11 Å². The summed E-state index contributed by atoms with van der Waals surface area (Å²) in [5.41, 5.74) is 0.984. The lowest BCUT2D eigenvalue weighted by Crippen LogP contribution is -2.50. The molecule has 4 nitrogen and oxygen atoms in total. The average molecular weight is 463 g/mol. The molecule has 2 unspecified atom stereocenters. The van der Waals surface area contributed by atoms with Crippen LogP contribution in [-0.2, 0) is 4.74 Å². The molecule has 1 aliphatic rings. The minimum atomic E-state index is -1.71. The Morgan fingerprint density at radius 2 is 1.17 bits per heavy atom. The van der Waals surface area contributed by atoms with Gasteiger partial charge in [0.15, 0.2) is 0 Å². The molecule has 0 aliphatic carbocycles. The topological polar surface area (TPSA) is 52.6 Å². The zero-order chi connectivity index (χ0) is 24.3. The van der Waals surface area contributed by atoms with E-state index in [1.54, 1.807) is 55.6 Å². The lowest BCUT2D eigenvalue weighted by atomic mass is 9.72. The van der Waals surface area contributed by atoms with Crippen LogP contribution >= 0.6 is 0 Å². The number of ketones is 2. The summed E-state index contributed by atoms with van der Waals surface area (Å²) in [6.07, 6.45) is 0.0802. The summed E-state index contributed by atoms with van der Waals surface area (Å²) in [6.45, 7) is 0. The fourth-order valence-corrected chi connectivity index (χ4v) is 4.95. The van der Waals surface area contributed by atoms with Crippen molar-refractivity contribution in [1.29, 1.82) is 0 Å². The van der Waals surface area contributed by atoms with E-state index in [0.29, 0.717) is 23.3 Å². The second kappa shape index (κ2) is 9.69. The van der Waals surface area contributed by atoms with E-state index in [1.165, 1.54) is 0 Å². The van der Waals surface area contributed by atoms with Gasteiger partial charge in [-0.15, -0.1) is 0 Å². The molecule has 4 aromatic carbocycles. The monoisotopic (exact) mass is 462 g/mol. The summed E-state index contributed by atoms with van der Waals surface area (Å²) in [4.78, 5) is 28.6. The summed E-state index contributed by atoms with van der Waals surface area (Å²) in [5.74, 6) is -0.432. The first kappa shape index (κ1) is 22.8. The van der Waals surface area contributed by atoms with Gasteiger partial charge < -0.3 is 9.47 Å². The second-order valence-corrected chi connectivity index (χ2v) is 8.70. The quantitative estimate of drug-likeness (QED) is 0.234. The molecule has 35 heavy (non-hydrogen) atoms. The Bertz CT molecular complexity index is 1250. The van der Waals surface area contributed by atoms with Crippen molar-refractivity contribution >= 4 is 11.6 Å². The van der Waals surface area contributed by atoms with Gasteiger partial charge in [-0.25, -0.2) is 0 Å². The molecule has 1 fully saturated rings. The molecule has 1 heterocycles. The third-order valence-electron chi connectivity index (χ3n) is 6.70. The van der Waals surface area contributed by atoms with Crippen LogP contribution in [0, 0.1) is 0 Å². The second-order valence-electron chi connectivity index (χ2n) is 8.70. The highest BCUT2D eigenvalue weighted by Crippen LogP contribution is 2.52. The number of carbonyl (C=O) groups is 2. The standard InChI is InChI=1S/C31H26O4/c1-34-26-19-17-22(18-20-26)27-21-28(23-11-5-2-6-12-23)35-31(27,29(32)24-13-7-3-8-14-24)30(33)25-15-9-4-10-16-25/h2-20,27-28H,21H2,1H3. The van der Waals surface area contributed by atoms with Gasteiger partial charge in [0.25, 0.3) is 0 Å². The molecular formula is C31H26O4. The predicted molar refractivity (Wildman–Crippen MR) is 135 cm³/mol. The van der Waals surface area contributed by atoms with E-state index in [-0.39, 0.29) is 11.6 Å². The van der Waals surface area contributed by atoms with Gasteiger partial charge in [0.1, 0.15) is 5.75 Å². The maximum absolute atomic E-state index is 14.3. The maximum Gasteiger partial charge on any atom is 0.203 e. The number of Topliss-reactive ketones (excluding diaryl/α,β-unsaturated/α-hetero) is 2. The molecule has 1 saturated heterocycles. The van der Waals surface area contributed by atoms with Crippen LogP contribution < -0.4 is 4.74 Å². The van der Waals surface area contributed by atoms with Gasteiger partial charge in [0, 0.05) is 17.0 Å². The first-order valence-electron chi connectivity index (χ1n) is 11.7. The Morgan fingerprint density at radius 3 is 1.66 bits per heavy atom. The molecule has 4 aromatic rings. The van der Waals surface area contributed by atoms with Crippen molar-refractivity contribution < 1.29 is 19.1 Å². The zero-order valence-corrected chi connectivity index (χ0v) is 19.5. The Balaban J connectivity index is 1.71. The number of methoxy groups -OCH3 is 1. The van der Waals surface area contributed by atoms with Crippen molar-refractivity contribution in [2.45, 2.75) is 24.0 Å². The molecule has 5 rings (SSSR count). The van der Waals surface area contributed by atoms with Gasteiger partial charge >= 0.3 is 0 Å². The van der Waals surface area contributed by atoms with Crippen LogP contribution in [0.2, 0.25) is 0 Å². The van der Waals surface area contributed by atoms with Crippen molar-refractivity contribution in [3.63, 3.8) is 0 Å². The molecule has 0 spiro atoms.